The number of methoxy groups -OCH3 is 1. The molecule has 6 nitrogen and oxygen atoms in total. The fraction of sp³-hybridized carbons (Fsp3) is 0.429. The molecular formula is C14H20N2O4. The first-order valence-corrected chi connectivity index (χ1v) is 6.35. The summed E-state index contributed by atoms with van der Waals surface area (Å²) in [6, 6.07) is 6.31. The highest BCUT2D eigenvalue weighted by Gasteiger charge is 2.17. The van der Waals surface area contributed by atoms with E-state index >= 15 is 0 Å². The average molecular weight is 280 g/mol. The normalized spacial score (nSPS) is 13.3. The van der Waals surface area contributed by atoms with Gasteiger partial charge in [0.15, 0.2) is 0 Å². The maximum Gasteiger partial charge on any atom is 0.303 e. The van der Waals surface area contributed by atoms with Crippen molar-refractivity contribution in [2.24, 2.45) is 5.73 Å². The van der Waals surface area contributed by atoms with Crippen molar-refractivity contribution in [2.45, 2.75) is 31.8 Å². The summed E-state index contributed by atoms with van der Waals surface area (Å²) in [5, 5.41) is 11.3. The first-order chi connectivity index (χ1) is 9.43. The summed E-state index contributed by atoms with van der Waals surface area (Å²) in [6.07, 6.45) is 0.00199. The number of hydrogen-bond donors (Lipinski definition) is 3. The molecule has 4 N–H and O–H groups in total. The lowest BCUT2D eigenvalue weighted by Gasteiger charge is -2.17. The van der Waals surface area contributed by atoms with E-state index in [1.807, 2.05) is 31.2 Å². The number of carboxylic acid groups (broad SMARTS) is 1. The summed E-state index contributed by atoms with van der Waals surface area (Å²) in [5.41, 5.74) is 6.56. The van der Waals surface area contributed by atoms with E-state index in [9.17, 15) is 9.59 Å². The van der Waals surface area contributed by atoms with Crippen molar-refractivity contribution in [3.05, 3.63) is 29.8 Å². The number of benzene rings is 1. The highest BCUT2D eigenvalue weighted by Crippen LogP contribution is 2.17. The van der Waals surface area contributed by atoms with Crippen LogP contribution in [0.1, 0.15) is 31.4 Å². The number of carboxylic acids is 1. The van der Waals surface area contributed by atoms with Crippen molar-refractivity contribution in [1.82, 2.24) is 5.32 Å². The summed E-state index contributed by atoms with van der Waals surface area (Å²) in [5.74, 6) is -0.573. The van der Waals surface area contributed by atoms with Crippen LogP contribution < -0.4 is 15.8 Å². The van der Waals surface area contributed by atoms with Crippen LogP contribution >= 0.6 is 0 Å². The smallest absolute Gasteiger partial charge is 0.303 e. The van der Waals surface area contributed by atoms with E-state index in [1.54, 1.807) is 7.11 Å². The quantitative estimate of drug-likeness (QED) is 0.693. The summed E-state index contributed by atoms with van der Waals surface area (Å²) in [6.45, 7) is 1.84. The Bertz CT molecular complexity index is 459. The van der Waals surface area contributed by atoms with Crippen molar-refractivity contribution in [3.8, 4) is 5.75 Å². The summed E-state index contributed by atoms with van der Waals surface area (Å²) >= 11 is 0. The zero-order chi connectivity index (χ0) is 15.1. The second-order valence-corrected chi connectivity index (χ2v) is 4.54. The molecule has 0 radical (unpaired) electrons. The maximum atomic E-state index is 11.8. The zero-order valence-electron chi connectivity index (χ0n) is 11.6. The van der Waals surface area contributed by atoms with E-state index in [0.717, 1.165) is 11.3 Å². The predicted octanol–water partition coefficient (Wildman–Crippen LogP) is 1.06. The van der Waals surface area contributed by atoms with Gasteiger partial charge >= 0.3 is 5.97 Å². The molecule has 1 aromatic carbocycles. The fourth-order valence-corrected chi connectivity index (χ4v) is 1.71. The van der Waals surface area contributed by atoms with Crippen LogP contribution in [0.2, 0.25) is 0 Å². The van der Waals surface area contributed by atoms with Crippen LogP contribution in [0.4, 0.5) is 0 Å². The van der Waals surface area contributed by atoms with Gasteiger partial charge in [-0.15, -0.1) is 0 Å². The lowest BCUT2D eigenvalue weighted by atomic mass is 10.1. The number of carbonyl (C=O) groups is 2. The number of amides is 1. The van der Waals surface area contributed by atoms with E-state index in [2.05, 4.69) is 5.32 Å². The van der Waals surface area contributed by atoms with Crippen LogP contribution in [-0.4, -0.2) is 30.1 Å². The number of ether oxygens (including phenoxy) is 1. The Labute approximate surface area is 117 Å². The third-order valence-corrected chi connectivity index (χ3v) is 2.98. The lowest BCUT2D eigenvalue weighted by molar-refractivity contribution is -0.137. The zero-order valence-corrected chi connectivity index (χ0v) is 11.6. The van der Waals surface area contributed by atoms with Crippen LogP contribution in [0.3, 0.4) is 0 Å². The Morgan fingerprint density at radius 2 is 1.95 bits per heavy atom. The third-order valence-electron chi connectivity index (χ3n) is 2.98. The first kappa shape index (κ1) is 16.0. The Kier molecular flexibility index (Phi) is 5.99. The Morgan fingerprint density at radius 3 is 2.45 bits per heavy atom. The Balaban J connectivity index is 2.53. The van der Waals surface area contributed by atoms with Crippen LogP contribution in [0.5, 0.6) is 5.75 Å². The molecule has 0 heterocycles. The van der Waals surface area contributed by atoms with E-state index in [1.165, 1.54) is 0 Å². The minimum atomic E-state index is -0.962. The second kappa shape index (κ2) is 7.49. The van der Waals surface area contributed by atoms with Gasteiger partial charge in [0.05, 0.1) is 19.2 Å². The molecule has 0 spiro atoms. The number of carbonyl (C=O) groups excluding carboxylic acids is 1. The number of rotatable bonds is 7. The van der Waals surface area contributed by atoms with Crippen LogP contribution in [0.25, 0.3) is 0 Å². The predicted molar refractivity (Wildman–Crippen MR) is 74.4 cm³/mol. The number of aliphatic carboxylic acids is 1. The number of hydrogen-bond acceptors (Lipinski definition) is 4. The highest BCUT2D eigenvalue weighted by molar-refractivity contribution is 5.82. The molecule has 0 aromatic heterocycles. The molecule has 1 aromatic rings. The molecule has 0 aliphatic rings. The standard InChI is InChI=1S/C14H20N2O4/c1-9(10-3-5-11(20-2)6-4-10)16-14(19)12(15)7-8-13(17)18/h3-6,9,12H,7-8,15H2,1-2H3,(H,16,19)(H,17,18). The number of nitrogens with one attached hydrogen (secondary N) is 1. The lowest BCUT2D eigenvalue weighted by Crippen LogP contribution is -2.41. The molecule has 0 saturated heterocycles. The van der Waals surface area contributed by atoms with Crippen molar-refractivity contribution in [2.75, 3.05) is 7.11 Å². The minimum Gasteiger partial charge on any atom is -0.497 e. The summed E-state index contributed by atoms with van der Waals surface area (Å²) in [7, 11) is 1.59. The molecule has 110 valence electrons. The Hall–Kier alpha value is -2.08. The molecule has 0 bridgehead atoms. The summed E-state index contributed by atoms with van der Waals surface area (Å²) < 4.78 is 5.06. The van der Waals surface area contributed by atoms with Crippen LogP contribution in [0.15, 0.2) is 24.3 Å². The van der Waals surface area contributed by atoms with E-state index in [0.29, 0.717) is 0 Å². The van der Waals surface area contributed by atoms with Gasteiger partial charge in [0.25, 0.3) is 0 Å². The van der Waals surface area contributed by atoms with E-state index < -0.39 is 12.0 Å². The molecule has 0 saturated carbocycles. The molecule has 6 heteroatoms. The van der Waals surface area contributed by atoms with Gasteiger partial charge in [-0.2, -0.15) is 0 Å². The number of nitrogens with two attached hydrogens (primary N) is 1. The van der Waals surface area contributed by atoms with E-state index in [4.69, 9.17) is 15.6 Å². The molecule has 1 amide bonds. The summed E-state index contributed by atoms with van der Waals surface area (Å²) in [4.78, 5) is 22.2. The van der Waals surface area contributed by atoms with Crippen molar-refractivity contribution in [3.63, 3.8) is 0 Å². The molecule has 2 unspecified atom stereocenters. The van der Waals surface area contributed by atoms with Gasteiger partial charge in [0, 0.05) is 6.42 Å². The van der Waals surface area contributed by atoms with Gasteiger partial charge in [0.1, 0.15) is 5.75 Å². The molecule has 0 aliphatic carbocycles. The van der Waals surface area contributed by atoms with Gasteiger partial charge in [-0.1, -0.05) is 12.1 Å². The monoisotopic (exact) mass is 280 g/mol. The molecule has 20 heavy (non-hydrogen) atoms. The second-order valence-electron chi connectivity index (χ2n) is 4.54. The highest BCUT2D eigenvalue weighted by atomic mass is 16.5. The van der Waals surface area contributed by atoms with Gasteiger partial charge in [-0.05, 0) is 31.0 Å². The first-order valence-electron chi connectivity index (χ1n) is 6.35. The van der Waals surface area contributed by atoms with Gasteiger partial charge in [-0.25, -0.2) is 0 Å². The Morgan fingerprint density at radius 1 is 1.35 bits per heavy atom. The molecule has 0 aliphatic heterocycles. The molecular weight excluding hydrogens is 260 g/mol. The van der Waals surface area contributed by atoms with Gasteiger partial charge < -0.3 is 20.9 Å². The average Bonchev–Trinajstić information content (AvgIpc) is 2.44. The molecule has 2 atom stereocenters. The van der Waals surface area contributed by atoms with Crippen molar-refractivity contribution >= 4 is 11.9 Å². The van der Waals surface area contributed by atoms with Crippen molar-refractivity contribution in [1.29, 1.82) is 0 Å². The molecule has 0 fully saturated rings. The van der Waals surface area contributed by atoms with E-state index in [-0.39, 0.29) is 24.8 Å². The SMILES string of the molecule is COc1ccc(C(C)NC(=O)C(N)CCC(=O)O)cc1. The largest absolute Gasteiger partial charge is 0.497 e. The topological polar surface area (TPSA) is 102 Å². The van der Waals surface area contributed by atoms with Crippen LogP contribution in [0, 0.1) is 0 Å². The fourth-order valence-electron chi connectivity index (χ4n) is 1.71. The van der Waals surface area contributed by atoms with Crippen molar-refractivity contribution < 1.29 is 19.4 Å². The minimum absolute atomic E-state index is 0.120. The van der Waals surface area contributed by atoms with Crippen LogP contribution in [-0.2, 0) is 9.59 Å². The maximum absolute atomic E-state index is 11.8. The van der Waals surface area contributed by atoms with Gasteiger partial charge in [-0.3, -0.25) is 9.59 Å². The third kappa shape index (κ3) is 4.89. The van der Waals surface area contributed by atoms with Gasteiger partial charge in [0.2, 0.25) is 5.91 Å². The molecule has 1 rings (SSSR count).